The molecular formula is C10H14. The Morgan fingerprint density at radius 3 is 2.40 bits per heavy atom. The second-order valence-electron chi connectivity index (χ2n) is 2.12. The van der Waals surface area contributed by atoms with E-state index >= 15 is 0 Å². The van der Waals surface area contributed by atoms with Crippen LogP contribution in [0, 0.1) is 0 Å². The second kappa shape index (κ2) is 2.45. The molecule has 0 aliphatic heterocycles. The lowest BCUT2D eigenvalue weighted by atomic mass is 9.87. The quantitative estimate of drug-likeness (QED) is 0.526. The van der Waals surface area contributed by atoms with Gasteiger partial charge in [0.2, 0.25) is 0 Å². The maximum Gasteiger partial charge on any atom is 0.0626 e. The highest BCUT2D eigenvalue weighted by atomic mass is 14.2. The average Bonchev–Trinajstić information content (AvgIpc) is 2.31. The molecule has 0 atom stereocenters. The molecule has 0 aliphatic carbocycles. The predicted molar refractivity (Wildman–Crippen MR) is 45.1 cm³/mol. The summed E-state index contributed by atoms with van der Waals surface area (Å²) in [6.45, 7) is -5.28. The third kappa shape index (κ3) is 1.60. The molecule has 0 saturated heterocycles. The fourth-order valence-corrected chi connectivity index (χ4v) is 0.500. The van der Waals surface area contributed by atoms with Crippen molar-refractivity contribution in [2.45, 2.75) is 26.0 Å². The van der Waals surface area contributed by atoms with Crippen molar-refractivity contribution in [3.63, 3.8) is 0 Å². The standard InChI is InChI=1S/C10H14/c1-10(2,3)9-7-5-4-6-8-9/h4-8H,1-3H3/i1D3,2D3,4D,5D,6D,7D,8D. The van der Waals surface area contributed by atoms with Crippen molar-refractivity contribution in [2.75, 3.05) is 0 Å². The highest BCUT2D eigenvalue weighted by Gasteiger charge is 2.11. The van der Waals surface area contributed by atoms with Crippen molar-refractivity contribution in [3.8, 4) is 0 Å². The summed E-state index contributed by atoms with van der Waals surface area (Å²) in [5.74, 6) is 0. The largest absolute Gasteiger partial charge is 0.0626 e. The van der Waals surface area contributed by atoms with E-state index in [1.165, 1.54) is 0 Å². The summed E-state index contributed by atoms with van der Waals surface area (Å²) in [6.07, 6.45) is 0. The zero-order chi connectivity index (χ0) is 17.0. The molecule has 0 spiro atoms. The van der Waals surface area contributed by atoms with Gasteiger partial charge in [-0.1, -0.05) is 50.8 Å². The van der Waals surface area contributed by atoms with Crippen LogP contribution in [0.1, 0.15) is 41.3 Å². The Morgan fingerprint density at radius 1 is 1.30 bits per heavy atom. The lowest BCUT2D eigenvalue weighted by molar-refractivity contribution is 0.590. The minimum Gasteiger partial charge on any atom is -0.0622 e. The predicted octanol–water partition coefficient (Wildman–Crippen LogP) is 2.98. The van der Waals surface area contributed by atoms with Gasteiger partial charge in [-0.2, -0.15) is 0 Å². The summed E-state index contributed by atoms with van der Waals surface area (Å²) in [6, 6.07) is -3.84. The topological polar surface area (TPSA) is 0 Å². The van der Waals surface area contributed by atoms with Gasteiger partial charge in [0.05, 0.1) is 6.85 Å². The maximum atomic E-state index is 7.78. The van der Waals surface area contributed by atoms with Crippen LogP contribution >= 0.6 is 0 Å². The SMILES string of the molecule is [2H]c1c([2H])c([2H])c(C(C)(C([2H])([2H])[2H])C([2H])([2H])[2H])c([2H])c1[2H]. The summed E-state index contributed by atoms with van der Waals surface area (Å²) in [7, 11) is 0. The van der Waals surface area contributed by atoms with Crippen molar-refractivity contribution < 1.29 is 15.1 Å². The van der Waals surface area contributed by atoms with Crippen molar-refractivity contribution in [1.29, 1.82) is 0 Å². The molecule has 0 amide bonds. The van der Waals surface area contributed by atoms with E-state index < -0.39 is 54.9 Å². The highest BCUT2D eigenvalue weighted by Crippen LogP contribution is 2.20. The minimum absolute atomic E-state index is 0.702. The normalized spacial score (nSPS) is 29.9. The first-order chi connectivity index (χ1) is 9.18. The van der Waals surface area contributed by atoms with Crippen LogP contribution in [0.25, 0.3) is 0 Å². The first-order valence-corrected chi connectivity index (χ1v) is 2.75. The van der Waals surface area contributed by atoms with Gasteiger partial charge in [-0.25, -0.2) is 0 Å². The smallest absolute Gasteiger partial charge is 0.0622 e. The Balaban J connectivity index is 3.96. The van der Waals surface area contributed by atoms with Gasteiger partial charge in [0.25, 0.3) is 0 Å². The van der Waals surface area contributed by atoms with Crippen LogP contribution in [-0.4, -0.2) is 0 Å². The molecule has 0 fully saturated rings. The van der Waals surface area contributed by atoms with E-state index in [9.17, 15) is 0 Å². The van der Waals surface area contributed by atoms with Crippen molar-refractivity contribution >= 4 is 0 Å². The molecular weight excluding hydrogens is 120 g/mol. The van der Waals surface area contributed by atoms with E-state index in [2.05, 4.69) is 0 Å². The fraction of sp³-hybridized carbons (Fsp3) is 0.400. The van der Waals surface area contributed by atoms with E-state index in [-0.39, 0.29) is 0 Å². The summed E-state index contributed by atoms with van der Waals surface area (Å²) >= 11 is 0. The van der Waals surface area contributed by atoms with E-state index in [1.54, 1.807) is 0 Å². The van der Waals surface area contributed by atoms with Crippen molar-refractivity contribution in [2.24, 2.45) is 0 Å². The van der Waals surface area contributed by atoms with Gasteiger partial charge < -0.3 is 0 Å². The van der Waals surface area contributed by atoms with E-state index in [1.807, 2.05) is 0 Å². The van der Waals surface area contributed by atoms with Gasteiger partial charge in [0.1, 0.15) is 0 Å². The Morgan fingerprint density at radius 2 is 1.90 bits per heavy atom. The van der Waals surface area contributed by atoms with Gasteiger partial charge in [-0.15, -0.1) is 0 Å². The van der Waals surface area contributed by atoms with Crippen LogP contribution in [0.5, 0.6) is 0 Å². The molecule has 0 nitrogen and oxygen atoms in total. The summed E-state index contributed by atoms with van der Waals surface area (Å²) in [4.78, 5) is 0. The molecule has 10 heavy (non-hydrogen) atoms. The molecule has 54 valence electrons. The lowest BCUT2D eigenvalue weighted by Gasteiger charge is -2.18. The van der Waals surface area contributed by atoms with E-state index in [4.69, 9.17) is 15.1 Å². The molecule has 1 rings (SSSR count). The Hall–Kier alpha value is -0.780. The summed E-state index contributed by atoms with van der Waals surface area (Å²) < 4.78 is 83.2. The lowest BCUT2D eigenvalue weighted by Crippen LogP contribution is -2.10. The first-order valence-electron chi connectivity index (χ1n) is 8.25. The van der Waals surface area contributed by atoms with Crippen molar-refractivity contribution in [1.82, 2.24) is 0 Å². The minimum atomic E-state index is -3.08. The average molecular weight is 145 g/mol. The van der Waals surface area contributed by atoms with Crippen LogP contribution in [-0.2, 0) is 5.41 Å². The van der Waals surface area contributed by atoms with Gasteiger partial charge in [0.15, 0.2) is 0 Å². The maximum absolute atomic E-state index is 7.78. The van der Waals surface area contributed by atoms with Crippen LogP contribution < -0.4 is 0 Å². The number of benzene rings is 1. The van der Waals surface area contributed by atoms with Gasteiger partial charge in [-0.3, -0.25) is 0 Å². The molecule has 0 bridgehead atoms. The third-order valence-electron chi connectivity index (χ3n) is 1.00. The highest BCUT2D eigenvalue weighted by molar-refractivity contribution is 5.21. The molecule has 0 heterocycles. The zero-order valence-corrected chi connectivity index (χ0v) is 5.50. The van der Waals surface area contributed by atoms with Crippen molar-refractivity contribution in [3.05, 3.63) is 35.8 Å². The number of hydrogen-bond donors (Lipinski definition) is 0. The molecule has 0 N–H and O–H groups in total. The first kappa shape index (κ1) is 1.52. The molecule has 0 aliphatic rings. The monoisotopic (exact) mass is 145 g/mol. The van der Waals surface area contributed by atoms with Gasteiger partial charge in [-0.05, 0) is 11.0 Å². The summed E-state index contributed by atoms with van der Waals surface area (Å²) in [5, 5.41) is 0. The van der Waals surface area contributed by atoms with Crippen LogP contribution in [0.4, 0.5) is 0 Å². The van der Waals surface area contributed by atoms with Crippen LogP contribution in [0.2, 0.25) is 0 Å². The zero-order valence-electron chi connectivity index (χ0n) is 16.5. The number of hydrogen-bond acceptors (Lipinski definition) is 0. The van der Waals surface area contributed by atoms with Crippen LogP contribution in [0.3, 0.4) is 0 Å². The van der Waals surface area contributed by atoms with E-state index in [0.29, 0.717) is 0 Å². The summed E-state index contributed by atoms with van der Waals surface area (Å²) in [5.41, 5.74) is -3.29. The molecule has 0 aromatic heterocycles. The second-order valence-corrected chi connectivity index (χ2v) is 2.12. The van der Waals surface area contributed by atoms with Crippen LogP contribution in [0.15, 0.2) is 30.2 Å². The molecule has 0 saturated carbocycles. The molecule has 0 heteroatoms. The molecule has 1 aromatic carbocycles. The molecule has 1 aromatic rings. The Bertz CT molecular complexity index is 523. The van der Waals surface area contributed by atoms with Gasteiger partial charge in [0, 0.05) is 8.22 Å². The molecule has 0 unspecified atom stereocenters. The fourth-order valence-electron chi connectivity index (χ4n) is 0.500. The number of rotatable bonds is 0. The van der Waals surface area contributed by atoms with Gasteiger partial charge >= 0.3 is 0 Å². The Kier molecular flexibility index (Phi) is 0.374. The van der Waals surface area contributed by atoms with E-state index in [0.717, 1.165) is 6.92 Å². The molecule has 0 radical (unpaired) electrons. The Labute approximate surface area is 78.3 Å². The third-order valence-corrected chi connectivity index (χ3v) is 1.00.